The number of para-hydroxylation sites is 2. The maximum atomic E-state index is 13.2. The molecule has 0 radical (unpaired) electrons. The number of hydrogen-bond donors (Lipinski definition) is 2. The number of aromatic amines is 1. The van der Waals surface area contributed by atoms with Crippen LogP contribution in [0.2, 0.25) is 0 Å². The van der Waals surface area contributed by atoms with Crippen molar-refractivity contribution in [2.75, 3.05) is 11.9 Å². The van der Waals surface area contributed by atoms with E-state index in [0.717, 1.165) is 22.0 Å². The fraction of sp³-hybridized carbons (Fsp3) is 0.0833. The smallest absolute Gasteiger partial charge is 0.255 e. The van der Waals surface area contributed by atoms with Crippen molar-refractivity contribution in [3.63, 3.8) is 0 Å². The number of hydrogen-bond acceptors (Lipinski definition) is 2. The minimum atomic E-state index is -0.309. The molecule has 2 amide bonds. The maximum absolute atomic E-state index is 13.2. The van der Waals surface area contributed by atoms with E-state index in [1.54, 1.807) is 4.90 Å². The van der Waals surface area contributed by atoms with Gasteiger partial charge in [0.05, 0.1) is 6.04 Å². The Labute approximate surface area is 168 Å². The van der Waals surface area contributed by atoms with E-state index >= 15 is 0 Å². The zero-order valence-electron chi connectivity index (χ0n) is 15.6. The Hall–Kier alpha value is -3.86. The maximum Gasteiger partial charge on any atom is 0.255 e. The molecule has 4 aromatic rings. The second-order valence-electron chi connectivity index (χ2n) is 7.13. The van der Waals surface area contributed by atoms with Crippen molar-refractivity contribution < 1.29 is 9.59 Å². The number of fused-ring (bicyclic) bond motifs is 2. The Kier molecular flexibility index (Phi) is 4.13. The molecular formula is C24H19N3O2. The van der Waals surface area contributed by atoms with Gasteiger partial charge in [0.25, 0.3) is 5.91 Å². The largest absolute Gasteiger partial charge is 0.361 e. The first-order chi connectivity index (χ1) is 14.2. The summed E-state index contributed by atoms with van der Waals surface area (Å²) in [6.45, 7) is -0.0212. The standard InChI is InChI=1S/C24H19N3O2/c28-22(26-16-8-2-1-3-9-16)15-27-23(18-11-4-5-12-19(18)24(27)29)20-14-25-21-13-7-6-10-17(20)21/h1-14,23,25H,15H2,(H,26,28)/t23-/m1/s1. The number of aromatic nitrogens is 1. The average Bonchev–Trinajstić information content (AvgIpc) is 3.28. The number of nitrogens with one attached hydrogen (secondary N) is 2. The molecule has 29 heavy (non-hydrogen) atoms. The minimum Gasteiger partial charge on any atom is -0.361 e. The van der Waals surface area contributed by atoms with E-state index in [0.29, 0.717) is 11.3 Å². The van der Waals surface area contributed by atoms with Crippen LogP contribution in [0.5, 0.6) is 0 Å². The third-order valence-electron chi connectivity index (χ3n) is 5.35. The highest BCUT2D eigenvalue weighted by Gasteiger charge is 2.39. The number of rotatable bonds is 4. The van der Waals surface area contributed by atoms with Gasteiger partial charge in [-0.05, 0) is 29.8 Å². The summed E-state index contributed by atoms with van der Waals surface area (Å²) in [5, 5.41) is 3.93. The molecule has 0 fully saturated rings. The van der Waals surface area contributed by atoms with Crippen LogP contribution in [0.1, 0.15) is 27.5 Å². The minimum absolute atomic E-state index is 0.0212. The average molecular weight is 381 g/mol. The molecule has 0 saturated carbocycles. The topological polar surface area (TPSA) is 65.2 Å². The predicted octanol–water partition coefficient (Wildman–Crippen LogP) is 4.35. The molecule has 2 N–H and O–H groups in total. The SMILES string of the molecule is O=C(CN1C(=O)c2ccccc2[C@@H]1c1c[nH]c2ccccc12)Nc1ccccc1. The zero-order valence-corrected chi connectivity index (χ0v) is 15.6. The molecule has 142 valence electrons. The summed E-state index contributed by atoms with van der Waals surface area (Å²) in [6.07, 6.45) is 1.94. The number of carbonyl (C=O) groups excluding carboxylic acids is 2. The number of carbonyl (C=O) groups is 2. The van der Waals surface area contributed by atoms with Gasteiger partial charge in [0.1, 0.15) is 6.54 Å². The van der Waals surface area contributed by atoms with Crippen LogP contribution in [-0.2, 0) is 4.79 Å². The molecule has 5 nitrogen and oxygen atoms in total. The summed E-state index contributed by atoms with van der Waals surface area (Å²) >= 11 is 0. The fourth-order valence-corrected chi connectivity index (χ4v) is 4.07. The molecule has 5 heteroatoms. The van der Waals surface area contributed by atoms with Gasteiger partial charge >= 0.3 is 0 Å². The summed E-state index contributed by atoms with van der Waals surface area (Å²) in [7, 11) is 0. The van der Waals surface area contributed by atoms with Gasteiger partial charge in [-0.2, -0.15) is 0 Å². The molecule has 0 bridgehead atoms. The first-order valence-electron chi connectivity index (χ1n) is 9.53. The number of anilines is 1. The van der Waals surface area contributed by atoms with Gasteiger partial charge in [-0.3, -0.25) is 9.59 Å². The lowest BCUT2D eigenvalue weighted by Gasteiger charge is -2.25. The highest BCUT2D eigenvalue weighted by atomic mass is 16.2. The monoisotopic (exact) mass is 381 g/mol. The Balaban J connectivity index is 1.53. The number of benzene rings is 3. The van der Waals surface area contributed by atoms with E-state index in [4.69, 9.17) is 0 Å². The van der Waals surface area contributed by atoms with Crippen molar-refractivity contribution in [1.29, 1.82) is 0 Å². The van der Waals surface area contributed by atoms with Gasteiger partial charge in [-0.1, -0.05) is 54.6 Å². The molecule has 1 atom stereocenters. The number of H-pyrrole nitrogens is 1. The third-order valence-corrected chi connectivity index (χ3v) is 5.35. The zero-order chi connectivity index (χ0) is 19.8. The van der Waals surface area contributed by atoms with Crippen molar-refractivity contribution in [3.05, 3.63) is 102 Å². The molecule has 0 aliphatic carbocycles. The van der Waals surface area contributed by atoms with Crippen molar-refractivity contribution in [1.82, 2.24) is 9.88 Å². The van der Waals surface area contributed by atoms with Crippen molar-refractivity contribution in [3.8, 4) is 0 Å². The van der Waals surface area contributed by atoms with E-state index in [1.165, 1.54) is 0 Å². The summed E-state index contributed by atoms with van der Waals surface area (Å²) in [4.78, 5) is 30.8. The molecule has 0 saturated heterocycles. The lowest BCUT2D eigenvalue weighted by atomic mass is 9.97. The second-order valence-corrected chi connectivity index (χ2v) is 7.13. The fourth-order valence-electron chi connectivity index (χ4n) is 4.07. The van der Waals surface area contributed by atoms with Gasteiger partial charge < -0.3 is 15.2 Å². The normalized spacial score (nSPS) is 15.5. The number of nitrogens with zero attached hydrogens (tertiary/aromatic N) is 1. The van der Waals surface area contributed by atoms with Crippen LogP contribution in [0.25, 0.3) is 10.9 Å². The Bertz CT molecular complexity index is 1210. The van der Waals surface area contributed by atoms with Crippen LogP contribution in [-0.4, -0.2) is 28.2 Å². The van der Waals surface area contributed by atoms with E-state index < -0.39 is 0 Å². The Morgan fingerprint density at radius 2 is 1.62 bits per heavy atom. The van der Waals surface area contributed by atoms with Crippen LogP contribution < -0.4 is 5.32 Å². The molecule has 0 unspecified atom stereocenters. The van der Waals surface area contributed by atoms with Crippen molar-refractivity contribution >= 4 is 28.4 Å². The first kappa shape index (κ1) is 17.3. The Morgan fingerprint density at radius 3 is 2.48 bits per heavy atom. The van der Waals surface area contributed by atoms with E-state index in [2.05, 4.69) is 10.3 Å². The molecule has 0 spiro atoms. The van der Waals surface area contributed by atoms with Gasteiger partial charge in [0.15, 0.2) is 0 Å². The van der Waals surface area contributed by atoms with Crippen LogP contribution in [0, 0.1) is 0 Å². The van der Waals surface area contributed by atoms with Gasteiger partial charge in [-0.25, -0.2) is 0 Å². The first-order valence-corrected chi connectivity index (χ1v) is 9.53. The summed E-state index contributed by atoms with van der Waals surface area (Å²) in [6, 6.07) is 24.5. The van der Waals surface area contributed by atoms with E-state index in [-0.39, 0.29) is 24.4 Å². The molecule has 1 aliphatic rings. The van der Waals surface area contributed by atoms with Crippen molar-refractivity contribution in [2.45, 2.75) is 6.04 Å². The van der Waals surface area contributed by atoms with Crippen LogP contribution in [0.15, 0.2) is 85.1 Å². The number of amides is 2. The molecular weight excluding hydrogens is 362 g/mol. The molecule has 1 aromatic heterocycles. The second kappa shape index (κ2) is 6.95. The molecule has 2 heterocycles. The van der Waals surface area contributed by atoms with Crippen molar-refractivity contribution in [2.24, 2.45) is 0 Å². The summed E-state index contributed by atoms with van der Waals surface area (Å²) < 4.78 is 0. The highest BCUT2D eigenvalue weighted by Crippen LogP contribution is 2.40. The van der Waals surface area contributed by atoms with Crippen LogP contribution in [0.4, 0.5) is 5.69 Å². The van der Waals surface area contributed by atoms with Gasteiger partial charge in [0.2, 0.25) is 5.91 Å². The quantitative estimate of drug-likeness (QED) is 0.552. The molecule has 3 aromatic carbocycles. The van der Waals surface area contributed by atoms with E-state index in [9.17, 15) is 9.59 Å². The van der Waals surface area contributed by atoms with Crippen LogP contribution >= 0.6 is 0 Å². The van der Waals surface area contributed by atoms with Gasteiger partial charge in [0, 0.05) is 33.9 Å². The summed E-state index contributed by atoms with van der Waals surface area (Å²) in [5.41, 5.74) is 4.29. The van der Waals surface area contributed by atoms with Gasteiger partial charge in [-0.15, -0.1) is 0 Å². The molecule has 5 rings (SSSR count). The molecule has 1 aliphatic heterocycles. The summed E-state index contributed by atoms with van der Waals surface area (Å²) in [5.74, 6) is -0.346. The van der Waals surface area contributed by atoms with E-state index in [1.807, 2.05) is 85.1 Å². The predicted molar refractivity (Wildman–Crippen MR) is 113 cm³/mol. The highest BCUT2D eigenvalue weighted by molar-refractivity contribution is 6.04. The lowest BCUT2D eigenvalue weighted by Crippen LogP contribution is -2.36. The lowest BCUT2D eigenvalue weighted by molar-refractivity contribution is -0.117. The third kappa shape index (κ3) is 2.97. The van der Waals surface area contributed by atoms with Crippen LogP contribution in [0.3, 0.4) is 0 Å². The Morgan fingerprint density at radius 1 is 0.897 bits per heavy atom.